The third-order valence-corrected chi connectivity index (χ3v) is 4.44. The number of aromatic nitrogens is 2. The standard InChI is InChI=1S/C15H27N3O2/c1-11-6-5-7-12(11)15(19)14-13(20-4)10-16-18(14)9-8-17(2)3/h10-12,15,19H,5-9H2,1-4H3. The topological polar surface area (TPSA) is 50.5 Å². The molecule has 3 unspecified atom stereocenters. The maximum absolute atomic E-state index is 10.8. The Kier molecular flexibility index (Phi) is 5.05. The van der Waals surface area contributed by atoms with Gasteiger partial charge < -0.3 is 14.7 Å². The lowest BCUT2D eigenvalue weighted by atomic mass is 9.90. The van der Waals surface area contributed by atoms with Crippen LogP contribution in [-0.2, 0) is 6.54 Å². The fourth-order valence-corrected chi connectivity index (χ4v) is 3.15. The summed E-state index contributed by atoms with van der Waals surface area (Å²) in [5.74, 6) is 1.58. The minimum Gasteiger partial charge on any atom is -0.493 e. The van der Waals surface area contributed by atoms with Gasteiger partial charge in [0.25, 0.3) is 0 Å². The van der Waals surface area contributed by atoms with E-state index in [0.717, 1.165) is 25.2 Å². The number of hydrogen-bond donors (Lipinski definition) is 1. The van der Waals surface area contributed by atoms with Gasteiger partial charge in [0.2, 0.25) is 0 Å². The quantitative estimate of drug-likeness (QED) is 0.865. The lowest BCUT2D eigenvalue weighted by molar-refractivity contribution is 0.0785. The number of nitrogens with zero attached hydrogens (tertiary/aromatic N) is 3. The molecule has 1 aliphatic carbocycles. The van der Waals surface area contributed by atoms with E-state index in [1.165, 1.54) is 12.8 Å². The van der Waals surface area contributed by atoms with Crippen LogP contribution in [0.15, 0.2) is 6.20 Å². The van der Waals surface area contributed by atoms with E-state index in [0.29, 0.717) is 17.6 Å². The van der Waals surface area contributed by atoms with Gasteiger partial charge in [-0.1, -0.05) is 19.8 Å². The normalized spacial score (nSPS) is 24.3. The van der Waals surface area contributed by atoms with Gasteiger partial charge in [0.15, 0.2) is 5.75 Å². The minimum absolute atomic E-state index is 0.318. The van der Waals surface area contributed by atoms with Crippen molar-refractivity contribution < 1.29 is 9.84 Å². The lowest BCUT2D eigenvalue weighted by Gasteiger charge is -2.24. The van der Waals surface area contributed by atoms with Crippen LogP contribution >= 0.6 is 0 Å². The van der Waals surface area contributed by atoms with Crippen molar-refractivity contribution >= 4 is 0 Å². The van der Waals surface area contributed by atoms with Crippen molar-refractivity contribution in [2.75, 3.05) is 27.7 Å². The van der Waals surface area contributed by atoms with E-state index >= 15 is 0 Å². The molecule has 1 heterocycles. The number of rotatable bonds is 6. The van der Waals surface area contributed by atoms with E-state index in [1.807, 2.05) is 18.8 Å². The molecule has 0 radical (unpaired) electrons. The van der Waals surface area contributed by atoms with E-state index in [1.54, 1.807) is 13.3 Å². The molecule has 1 fully saturated rings. The van der Waals surface area contributed by atoms with E-state index in [2.05, 4.69) is 16.9 Å². The van der Waals surface area contributed by atoms with Crippen molar-refractivity contribution in [2.45, 2.75) is 38.8 Å². The van der Waals surface area contributed by atoms with Crippen molar-refractivity contribution in [1.29, 1.82) is 0 Å². The third-order valence-electron chi connectivity index (χ3n) is 4.44. The first-order valence-electron chi connectivity index (χ1n) is 7.47. The van der Waals surface area contributed by atoms with E-state index < -0.39 is 6.10 Å². The molecule has 0 aromatic carbocycles. The molecule has 3 atom stereocenters. The molecule has 0 spiro atoms. The van der Waals surface area contributed by atoms with Gasteiger partial charge >= 0.3 is 0 Å². The molecule has 0 saturated heterocycles. The zero-order valence-corrected chi connectivity index (χ0v) is 13.0. The fraction of sp³-hybridized carbons (Fsp3) is 0.800. The maximum atomic E-state index is 10.8. The predicted molar refractivity (Wildman–Crippen MR) is 78.8 cm³/mol. The highest BCUT2D eigenvalue weighted by atomic mass is 16.5. The summed E-state index contributed by atoms with van der Waals surface area (Å²) in [7, 11) is 5.72. The second-order valence-corrected chi connectivity index (χ2v) is 6.14. The highest BCUT2D eigenvalue weighted by Crippen LogP contribution is 2.42. The summed E-state index contributed by atoms with van der Waals surface area (Å²) in [5.41, 5.74) is 0.841. The number of aliphatic hydroxyl groups is 1. The number of aliphatic hydroxyl groups excluding tert-OH is 1. The molecule has 0 aliphatic heterocycles. The highest BCUT2D eigenvalue weighted by molar-refractivity contribution is 5.28. The van der Waals surface area contributed by atoms with Crippen LogP contribution in [0.1, 0.15) is 38.0 Å². The van der Waals surface area contributed by atoms with Crippen LogP contribution in [-0.4, -0.2) is 47.5 Å². The van der Waals surface area contributed by atoms with Crippen molar-refractivity contribution in [3.8, 4) is 5.75 Å². The first-order valence-corrected chi connectivity index (χ1v) is 7.47. The van der Waals surface area contributed by atoms with E-state index in [-0.39, 0.29) is 0 Å². The molecule has 5 heteroatoms. The van der Waals surface area contributed by atoms with Gasteiger partial charge in [-0.2, -0.15) is 5.10 Å². The Hall–Kier alpha value is -1.07. The number of methoxy groups -OCH3 is 1. The van der Waals surface area contributed by atoms with Crippen molar-refractivity contribution in [2.24, 2.45) is 11.8 Å². The van der Waals surface area contributed by atoms with Crippen LogP contribution in [0.2, 0.25) is 0 Å². The molecule has 0 bridgehead atoms. The largest absolute Gasteiger partial charge is 0.493 e. The van der Waals surface area contributed by atoms with Gasteiger partial charge in [0.05, 0.1) is 19.9 Å². The molecule has 20 heavy (non-hydrogen) atoms. The van der Waals surface area contributed by atoms with Crippen LogP contribution < -0.4 is 4.74 Å². The van der Waals surface area contributed by atoms with Crippen LogP contribution in [0, 0.1) is 11.8 Å². The smallest absolute Gasteiger partial charge is 0.162 e. The molecule has 1 N–H and O–H groups in total. The first kappa shape index (κ1) is 15.3. The molecule has 5 nitrogen and oxygen atoms in total. The molecule has 2 rings (SSSR count). The highest BCUT2D eigenvalue weighted by Gasteiger charge is 2.34. The van der Waals surface area contributed by atoms with Crippen LogP contribution in [0.3, 0.4) is 0 Å². The summed E-state index contributed by atoms with van der Waals surface area (Å²) in [5, 5.41) is 15.2. The Bertz CT molecular complexity index is 431. The van der Waals surface area contributed by atoms with Crippen LogP contribution in [0.4, 0.5) is 0 Å². The molecule has 0 amide bonds. The Morgan fingerprint density at radius 2 is 2.25 bits per heavy atom. The zero-order chi connectivity index (χ0) is 14.7. The average Bonchev–Trinajstić information content (AvgIpc) is 3.01. The van der Waals surface area contributed by atoms with Gasteiger partial charge in [-0.25, -0.2) is 0 Å². The number of ether oxygens (including phenoxy) is 1. The second kappa shape index (κ2) is 6.59. The van der Waals surface area contributed by atoms with Crippen molar-refractivity contribution in [1.82, 2.24) is 14.7 Å². The molecule has 1 aliphatic rings. The summed E-state index contributed by atoms with van der Waals surface area (Å²) in [4.78, 5) is 2.11. The molecule has 114 valence electrons. The fourth-order valence-electron chi connectivity index (χ4n) is 3.15. The maximum Gasteiger partial charge on any atom is 0.162 e. The summed E-state index contributed by atoms with van der Waals surface area (Å²) < 4.78 is 7.29. The van der Waals surface area contributed by atoms with Crippen molar-refractivity contribution in [3.05, 3.63) is 11.9 Å². The van der Waals surface area contributed by atoms with Gasteiger partial charge in [0, 0.05) is 6.54 Å². The van der Waals surface area contributed by atoms with Gasteiger partial charge in [-0.05, 0) is 32.4 Å². The Morgan fingerprint density at radius 1 is 1.50 bits per heavy atom. The molecule has 1 aromatic heterocycles. The number of likely N-dealkylation sites (N-methyl/N-ethyl adjacent to an activating group) is 1. The molecule has 1 aromatic rings. The molecule has 1 saturated carbocycles. The lowest BCUT2D eigenvalue weighted by Crippen LogP contribution is -2.24. The SMILES string of the molecule is COc1cnn(CCN(C)C)c1C(O)C1CCCC1C. The monoisotopic (exact) mass is 281 g/mol. The van der Waals surface area contributed by atoms with Crippen LogP contribution in [0.5, 0.6) is 5.75 Å². The van der Waals surface area contributed by atoms with Gasteiger partial charge in [-0.15, -0.1) is 0 Å². The molecular formula is C15H27N3O2. The minimum atomic E-state index is -0.480. The Labute approximate surface area is 121 Å². The number of hydrogen-bond acceptors (Lipinski definition) is 4. The van der Waals surface area contributed by atoms with E-state index in [9.17, 15) is 5.11 Å². The van der Waals surface area contributed by atoms with Gasteiger partial charge in [-0.3, -0.25) is 4.68 Å². The van der Waals surface area contributed by atoms with E-state index in [4.69, 9.17) is 4.74 Å². The molecular weight excluding hydrogens is 254 g/mol. The Morgan fingerprint density at radius 3 is 2.80 bits per heavy atom. The summed E-state index contributed by atoms with van der Waals surface area (Å²) in [6.45, 7) is 3.89. The first-order chi connectivity index (χ1) is 9.54. The zero-order valence-electron chi connectivity index (χ0n) is 13.0. The van der Waals surface area contributed by atoms with Crippen molar-refractivity contribution in [3.63, 3.8) is 0 Å². The second-order valence-electron chi connectivity index (χ2n) is 6.14. The average molecular weight is 281 g/mol. The third kappa shape index (κ3) is 3.15. The van der Waals surface area contributed by atoms with Crippen LogP contribution in [0.25, 0.3) is 0 Å². The predicted octanol–water partition coefficient (Wildman–Crippen LogP) is 1.92. The Balaban J connectivity index is 2.21. The summed E-state index contributed by atoms with van der Waals surface area (Å²) in [6, 6.07) is 0. The summed E-state index contributed by atoms with van der Waals surface area (Å²) in [6.07, 6.45) is 4.73. The van der Waals surface area contributed by atoms with Gasteiger partial charge in [0.1, 0.15) is 11.8 Å². The summed E-state index contributed by atoms with van der Waals surface area (Å²) >= 11 is 0.